The fourth-order valence-corrected chi connectivity index (χ4v) is 5.31. The molecule has 0 bridgehead atoms. The van der Waals surface area contributed by atoms with E-state index in [0.29, 0.717) is 17.5 Å². The van der Waals surface area contributed by atoms with Gasteiger partial charge in [-0.05, 0) is 44.9 Å². The Bertz CT molecular complexity index is 327. The molecular formula is C18H36Cl2N2. The smallest absolute Gasteiger partial charge is 0.112 e. The van der Waals surface area contributed by atoms with E-state index in [2.05, 4.69) is 52.2 Å². The molecule has 1 saturated carbocycles. The van der Waals surface area contributed by atoms with Crippen LogP contribution in [0.2, 0.25) is 0 Å². The minimum Gasteiger partial charge on any atom is -0.310 e. The van der Waals surface area contributed by atoms with Gasteiger partial charge in [0.15, 0.2) is 0 Å². The Morgan fingerprint density at radius 1 is 1.05 bits per heavy atom. The second-order valence-corrected chi connectivity index (χ2v) is 9.02. The van der Waals surface area contributed by atoms with E-state index in [1.54, 1.807) is 0 Å². The van der Waals surface area contributed by atoms with Gasteiger partial charge in [-0.2, -0.15) is 0 Å². The normalized spacial score (nSPS) is 31.9. The second-order valence-electron chi connectivity index (χ2n) is 7.87. The predicted molar refractivity (Wildman–Crippen MR) is 100 cm³/mol. The molecule has 0 aromatic rings. The van der Waals surface area contributed by atoms with Crippen molar-refractivity contribution in [2.75, 3.05) is 0 Å². The van der Waals surface area contributed by atoms with E-state index in [1.165, 1.54) is 25.7 Å². The summed E-state index contributed by atoms with van der Waals surface area (Å²) in [5, 5.41) is 7.15. The van der Waals surface area contributed by atoms with Gasteiger partial charge in [0.25, 0.3) is 0 Å². The standard InChI is InChI=1S/C18H36Cl2N2/c1-7-9-17(10-8-2)11-15(21-13(3)4)16(19)18(20,12-17)22-14(5)6/h13-16,21-22H,7-12H2,1-6H3. The lowest BCUT2D eigenvalue weighted by atomic mass is 9.64. The van der Waals surface area contributed by atoms with Crippen LogP contribution >= 0.6 is 23.2 Å². The molecule has 1 aliphatic rings. The van der Waals surface area contributed by atoms with Crippen LogP contribution in [0.15, 0.2) is 0 Å². The van der Waals surface area contributed by atoms with Crippen LogP contribution in [0.4, 0.5) is 0 Å². The average molecular weight is 351 g/mol. The van der Waals surface area contributed by atoms with E-state index in [1.807, 2.05) is 0 Å². The maximum atomic E-state index is 7.07. The summed E-state index contributed by atoms with van der Waals surface area (Å²) in [5.74, 6) is 0. The molecule has 1 rings (SSSR count). The van der Waals surface area contributed by atoms with Crippen LogP contribution < -0.4 is 10.6 Å². The lowest BCUT2D eigenvalue weighted by Crippen LogP contribution is -2.64. The molecule has 0 amide bonds. The molecule has 132 valence electrons. The third-order valence-corrected chi connectivity index (χ3v) is 5.98. The van der Waals surface area contributed by atoms with Crippen molar-refractivity contribution in [3.05, 3.63) is 0 Å². The van der Waals surface area contributed by atoms with Crippen molar-refractivity contribution in [2.24, 2.45) is 5.41 Å². The van der Waals surface area contributed by atoms with E-state index in [9.17, 15) is 0 Å². The van der Waals surface area contributed by atoms with Crippen LogP contribution in [-0.2, 0) is 0 Å². The zero-order valence-corrected chi connectivity index (χ0v) is 16.8. The van der Waals surface area contributed by atoms with Crippen LogP contribution in [0.1, 0.15) is 80.1 Å². The van der Waals surface area contributed by atoms with Gasteiger partial charge in [0, 0.05) is 18.1 Å². The lowest BCUT2D eigenvalue weighted by Gasteiger charge is -2.53. The van der Waals surface area contributed by atoms with Crippen molar-refractivity contribution < 1.29 is 0 Å². The summed E-state index contributed by atoms with van der Waals surface area (Å²) in [6.07, 6.45) is 6.97. The van der Waals surface area contributed by atoms with Gasteiger partial charge in [0.2, 0.25) is 0 Å². The molecule has 0 aromatic heterocycles. The number of hydrogen-bond donors (Lipinski definition) is 2. The Balaban J connectivity index is 3.10. The maximum Gasteiger partial charge on any atom is 0.112 e. The number of alkyl halides is 2. The van der Waals surface area contributed by atoms with Gasteiger partial charge in [0.05, 0.1) is 5.38 Å². The molecule has 2 nitrogen and oxygen atoms in total. The van der Waals surface area contributed by atoms with E-state index >= 15 is 0 Å². The van der Waals surface area contributed by atoms with Gasteiger partial charge in [-0.1, -0.05) is 40.5 Å². The molecule has 0 radical (unpaired) electrons. The molecule has 1 aliphatic carbocycles. The maximum absolute atomic E-state index is 7.07. The topological polar surface area (TPSA) is 24.1 Å². The van der Waals surface area contributed by atoms with Crippen molar-refractivity contribution in [1.82, 2.24) is 10.6 Å². The van der Waals surface area contributed by atoms with E-state index < -0.39 is 5.00 Å². The summed E-state index contributed by atoms with van der Waals surface area (Å²) < 4.78 is 0. The molecule has 4 heteroatoms. The second kappa shape index (κ2) is 8.55. The molecule has 2 N–H and O–H groups in total. The van der Waals surface area contributed by atoms with Crippen LogP contribution in [0.5, 0.6) is 0 Å². The summed E-state index contributed by atoms with van der Waals surface area (Å²) in [6.45, 7) is 13.2. The highest BCUT2D eigenvalue weighted by Crippen LogP contribution is 2.51. The first-order valence-corrected chi connectivity index (χ1v) is 9.86. The Morgan fingerprint density at radius 3 is 2.00 bits per heavy atom. The van der Waals surface area contributed by atoms with Crippen molar-refractivity contribution in [3.8, 4) is 0 Å². The van der Waals surface area contributed by atoms with Gasteiger partial charge >= 0.3 is 0 Å². The lowest BCUT2D eigenvalue weighted by molar-refractivity contribution is 0.0810. The molecule has 0 aromatic carbocycles. The Kier molecular flexibility index (Phi) is 7.99. The highest BCUT2D eigenvalue weighted by atomic mass is 35.5. The van der Waals surface area contributed by atoms with E-state index in [-0.39, 0.29) is 11.4 Å². The molecule has 0 aliphatic heterocycles. The van der Waals surface area contributed by atoms with Gasteiger partial charge < -0.3 is 5.32 Å². The van der Waals surface area contributed by atoms with Crippen LogP contribution in [0.25, 0.3) is 0 Å². The van der Waals surface area contributed by atoms with Crippen molar-refractivity contribution >= 4 is 23.2 Å². The van der Waals surface area contributed by atoms with Crippen LogP contribution in [-0.4, -0.2) is 28.5 Å². The van der Waals surface area contributed by atoms with Gasteiger partial charge in [-0.25, -0.2) is 0 Å². The average Bonchev–Trinajstić information content (AvgIpc) is 2.34. The summed E-state index contributed by atoms with van der Waals surface area (Å²) >= 11 is 13.9. The van der Waals surface area contributed by atoms with Gasteiger partial charge in [-0.15, -0.1) is 23.2 Å². The Hall–Kier alpha value is 0.500. The van der Waals surface area contributed by atoms with E-state index in [0.717, 1.165) is 12.8 Å². The molecule has 3 atom stereocenters. The Morgan fingerprint density at radius 2 is 1.59 bits per heavy atom. The molecule has 1 fully saturated rings. The fourth-order valence-electron chi connectivity index (χ4n) is 4.35. The van der Waals surface area contributed by atoms with Crippen molar-refractivity contribution in [3.63, 3.8) is 0 Å². The number of halogens is 2. The summed E-state index contributed by atoms with van der Waals surface area (Å²) in [6, 6.07) is 1.01. The largest absolute Gasteiger partial charge is 0.310 e. The first kappa shape index (κ1) is 20.5. The number of hydrogen-bond acceptors (Lipinski definition) is 2. The first-order valence-electron chi connectivity index (χ1n) is 9.04. The van der Waals surface area contributed by atoms with Crippen molar-refractivity contribution in [2.45, 2.75) is 109 Å². The minimum absolute atomic E-state index is 0.0965. The van der Waals surface area contributed by atoms with Gasteiger partial charge in [-0.3, -0.25) is 5.32 Å². The monoisotopic (exact) mass is 350 g/mol. The summed E-state index contributed by atoms with van der Waals surface area (Å²) in [4.78, 5) is -0.523. The third-order valence-electron chi connectivity index (χ3n) is 4.71. The molecule has 0 saturated heterocycles. The van der Waals surface area contributed by atoms with E-state index in [4.69, 9.17) is 23.2 Å². The zero-order chi connectivity index (χ0) is 17.0. The van der Waals surface area contributed by atoms with Crippen LogP contribution in [0.3, 0.4) is 0 Å². The molecule has 22 heavy (non-hydrogen) atoms. The highest BCUT2D eigenvalue weighted by molar-refractivity contribution is 6.32. The number of rotatable bonds is 8. The minimum atomic E-state index is -0.523. The Labute approximate surface area is 148 Å². The quantitative estimate of drug-likeness (QED) is 0.460. The SMILES string of the molecule is CCCC1(CCC)CC(NC(C)C)C(Cl)C(Cl)(NC(C)C)C1. The first-order chi connectivity index (χ1) is 10.2. The van der Waals surface area contributed by atoms with Crippen LogP contribution in [0, 0.1) is 5.41 Å². The predicted octanol–water partition coefficient (Wildman–Crippen LogP) is 5.27. The zero-order valence-electron chi connectivity index (χ0n) is 15.3. The third kappa shape index (κ3) is 5.26. The molecule has 0 spiro atoms. The summed E-state index contributed by atoms with van der Waals surface area (Å²) in [5.41, 5.74) is 0.297. The van der Waals surface area contributed by atoms with Gasteiger partial charge in [0.1, 0.15) is 5.00 Å². The molecule has 3 unspecified atom stereocenters. The highest BCUT2D eigenvalue weighted by Gasteiger charge is 2.52. The summed E-state index contributed by atoms with van der Waals surface area (Å²) in [7, 11) is 0. The molecule has 0 heterocycles. The van der Waals surface area contributed by atoms with Crippen molar-refractivity contribution in [1.29, 1.82) is 0 Å². The number of nitrogens with one attached hydrogen (secondary N) is 2. The molecular weight excluding hydrogens is 315 g/mol. The fraction of sp³-hybridized carbons (Fsp3) is 1.00.